The van der Waals surface area contributed by atoms with E-state index in [9.17, 15) is 8.78 Å². The van der Waals surface area contributed by atoms with Gasteiger partial charge in [-0.3, -0.25) is 0 Å². The summed E-state index contributed by atoms with van der Waals surface area (Å²) in [7, 11) is 0. The topological polar surface area (TPSA) is 46.2 Å². The zero-order valence-corrected chi connectivity index (χ0v) is 7.52. The third kappa shape index (κ3) is 1.27. The Kier molecular flexibility index (Phi) is 1.74. The molecule has 4 heteroatoms. The molecule has 2 nitrogen and oxygen atoms in total. The second kappa shape index (κ2) is 2.42. The van der Waals surface area contributed by atoms with Crippen LogP contribution in [0.25, 0.3) is 0 Å². The highest BCUT2D eigenvalue weighted by Crippen LogP contribution is 2.68. The predicted molar refractivity (Wildman–Crippen MR) is 44.4 cm³/mol. The fourth-order valence-corrected chi connectivity index (χ4v) is 3.16. The van der Waals surface area contributed by atoms with Crippen molar-refractivity contribution in [2.75, 3.05) is 13.2 Å². The maximum Gasteiger partial charge on any atom is 0.249 e. The van der Waals surface area contributed by atoms with Gasteiger partial charge in [0.1, 0.15) is 0 Å². The number of aliphatic hydroxyl groups excluding tert-OH is 1. The number of alkyl halides is 2. The lowest BCUT2D eigenvalue weighted by Gasteiger charge is -2.62. The normalized spacial score (nSPS) is 32.3. The second-order valence-corrected chi connectivity index (χ2v) is 4.93. The number of hydrogen-bond acceptors (Lipinski definition) is 2. The molecule has 0 aromatic heterocycles. The van der Waals surface area contributed by atoms with Gasteiger partial charge >= 0.3 is 0 Å². The molecule has 2 rings (SSSR count). The third-order valence-corrected chi connectivity index (χ3v) is 3.54. The molecule has 1 spiro atoms. The van der Waals surface area contributed by atoms with Crippen LogP contribution in [0.1, 0.15) is 25.7 Å². The summed E-state index contributed by atoms with van der Waals surface area (Å²) >= 11 is 0. The van der Waals surface area contributed by atoms with E-state index in [1.54, 1.807) is 0 Å². The molecule has 13 heavy (non-hydrogen) atoms. The van der Waals surface area contributed by atoms with Crippen LogP contribution in [-0.2, 0) is 0 Å². The Morgan fingerprint density at radius 2 is 1.69 bits per heavy atom. The number of hydrogen-bond donors (Lipinski definition) is 2. The molecule has 0 bridgehead atoms. The fourth-order valence-electron chi connectivity index (χ4n) is 3.16. The quantitative estimate of drug-likeness (QED) is 0.687. The van der Waals surface area contributed by atoms with Gasteiger partial charge in [0.05, 0.1) is 0 Å². The van der Waals surface area contributed by atoms with Crippen LogP contribution in [0.2, 0.25) is 0 Å². The monoisotopic (exact) mass is 191 g/mol. The standard InChI is InChI=1S/C9H15F2NO/c10-9(11)3-7(4-9)1-8(2-7,5-12)6-13/h13H,1-6,12H2. The Morgan fingerprint density at radius 1 is 1.15 bits per heavy atom. The molecule has 2 saturated carbocycles. The summed E-state index contributed by atoms with van der Waals surface area (Å²) < 4.78 is 25.2. The fraction of sp³-hybridized carbons (Fsp3) is 1.00. The Hall–Kier alpha value is -0.220. The lowest BCUT2D eigenvalue weighted by molar-refractivity contribution is -0.235. The van der Waals surface area contributed by atoms with E-state index in [4.69, 9.17) is 10.8 Å². The third-order valence-electron chi connectivity index (χ3n) is 3.54. The van der Waals surface area contributed by atoms with Crippen LogP contribution in [0.15, 0.2) is 0 Å². The second-order valence-electron chi connectivity index (χ2n) is 4.93. The predicted octanol–water partition coefficient (Wildman–Crippen LogP) is 1.13. The molecule has 0 aromatic rings. The molecule has 2 aliphatic rings. The first-order chi connectivity index (χ1) is 5.95. The van der Waals surface area contributed by atoms with Crippen LogP contribution in [0.5, 0.6) is 0 Å². The summed E-state index contributed by atoms with van der Waals surface area (Å²) in [5.41, 5.74) is 5.08. The van der Waals surface area contributed by atoms with Gasteiger partial charge < -0.3 is 10.8 Å². The summed E-state index contributed by atoms with van der Waals surface area (Å²) in [6.07, 6.45) is 1.37. The van der Waals surface area contributed by atoms with Crippen molar-refractivity contribution in [1.82, 2.24) is 0 Å². The van der Waals surface area contributed by atoms with Gasteiger partial charge in [-0.05, 0) is 18.3 Å². The summed E-state index contributed by atoms with van der Waals surface area (Å²) in [6.45, 7) is 0.452. The van der Waals surface area contributed by atoms with Gasteiger partial charge in [-0.25, -0.2) is 8.78 Å². The van der Waals surface area contributed by atoms with Crippen molar-refractivity contribution in [3.63, 3.8) is 0 Å². The van der Waals surface area contributed by atoms with E-state index in [1.807, 2.05) is 0 Å². The van der Waals surface area contributed by atoms with Crippen molar-refractivity contribution in [2.45, 2.75) is 31.6 Å². The molecule has 0 unspecified atom stereocenters. The minimum atomic E-state index is -2.45. The van der Waals surface area contributed by atoms with Gasteiger partial charge in [0, 0.05) is 31.4 Å². The zero-order chi connectivity index (χ0) is 9.74. The molecule has 0 amide bonds. The molecule has 0 radical (unpaired) electrons. The summed E-state index contributed by atoms with van der Waals surface area (Å²) in [4.78, 5) is 0. The van der Waals surface area contributed by atoms with Crippen LogP contribution in [0.3, 0.4) is 0 Å². The van der Waals surface area contributed by atoms with Crippen molar-refractivity contribution in [3.8, 4) is 0 Å². The Balaban J connectivity index is 1.92. The van der Waals surface area contributed by atoms with Gasteiger partial charge in [0.2, 0.25) is 5.92 Å². The molecule has 3 N–H and O–H groups in total. The minimum Gasteiger partial charge on any atom is -0.396 e. The number of halogens is 2. The van der Waals surface area contributed by atoms with E-state index in [2.05, 4.69) is 0 Å². The molecule has 0 aliphatic heterocycles. The van der Waals surface area contributed by atoms with Crippen LogP contribution < -0.4 is 5.73 Å². The number of rotatable bonds is 2. The SMILES string of the molecule is NCC1(CO)CC2(CC(F)(F)C2)C1. The zero-order valence-electron chi connectivity index (χ0n) is 7.52. The van der Waals surface area contributed by atoms with Crippen molar-refractivity contribution >= 4 is 0 Å². The smallest absolute Gasteiger partial charge is 0.249 e. The van der Waals surface area contributed by atoms with Crippen LogP contribution in [0, 0.1) is 10.8 Å². The lowest BCUT2D eigenvalue weighted by atomic mass is 9.44. The van der Waals surface area contributed by atoms with E-state index < -0.39 is 5.92 Å². The summed E-state index contributed by atoms with van der Waals surface area (Å²) in [5.74, 6) is -2.45. The van der Waals surface area contributed by atoms with E-state index >= 15 is 0 Å². The maximum absolute atomic E-state index is 12.6. The first-order valence-corrected chi connectivity index (χ1v) is 4.64. The van der Waals surface area contributed by atoms with E-state index in [-0.39, 0.29) is 30.3 Å². The van der Waals surface area contributed by atoms with E-state index in [1.165, 1.54) is 0 Å². The highest BCUT2D eigenvalue weighted by molar-refractivity contribution is 5.12. The first-order valence-electron chi connectivity index (χ1n) is 4.64. The molecule has 76 valence electrons. The van der Waals surface area contributed by atoms with E-state index in [0.717, 1.165) is 0 Å². The van der Waals surface area contributed by atoms with Gasteiger partial charge in [0.15, 0.2) is 0 Å². The first kappa shape index (κ1) is 9.34. The van der Waals surface area contributed by atoms with Gasteiger partial charge in [-0.1, -0.05) is 0 Å². The van der Waals surface area contributed by atoms with Crippen molar-refractivity contribution in [1.29, 1.82) is 0 Å². The van der Waals surface area contributed by atoms with Gasteiger partial charge in [0.25, 0.3) is 0 Å². The van der Waals surface area contributed by atoms with Crippen LogP contribution >= 0.6 is 0 Å². The Bertz CT molecular complexity index is 208. The Morgan fingerprint density at radius 3 is 2.00 bits per heavy atom. The Labute approximate surface area is 76.1 Å². The molecule has 0 saturated heterocycles. The van der Waals surface area contributed by atoms with Crippen LogP contribution in [-0.4, -0.2) is 24.2 Å². The van der Waals surface area contributed by atoms with E-state index in [0.29, 0.717) is 19.4 Å². The highest BCUT2D eigenvalue weighted by Gasteiger charge is 2.65. The molecular weight excluding hydrogens is 176 g/mol. The van der Waals surface area contributed by atoms with Crippen molar-refractivity contribution < 1.29 is 13.9 Å². The molecule has 2 aliphatic carbocycles. The summed E-state index contributed by atoms with van der Waals surface area (Å²) in [5, 5.41) is 9.05. The molecule has 2 fully saturated rings. The average Bonchev–Trinajstić information content (AvgIpc) is 1.94. The molecular formula is C9H15F2NO. The average molecular weight is 191 g/mol. The summed E-state index contributed by atoms with van der Waals surface area (Å²) in [6, 6.07) is 0. The van der Waals surface area contributed by atoms with Crippen molar-refractivity contribution in [3.05, 3.63) is 0 Å². The number of aliphatic hydroxyl groups is 1. The largest absolute Gasteiger partial charge is 0.396 e. The van der Waals surface area contributed by atoms with Gasteiger partial charge in [-0.15, -0.1) is 0 Å². The molecule has 0 heterocycles. The maximum atomic E-state index is 12.6. The van der Waals surface area contributed by atoms with Gasteiger partial charge in [-0.2, -0.15) is 0 Å². The molecule has 0 atom stereocenters. The van der Waals surface area contributed by atoms with Crippen molar-refractivity contribution in [2.24, 2.45) is 16.6 Å². The van der Waals surface area contributed by atoms with Crippen LogP contribution in [0.4, 0.5) is 8.78 Å². The lowest BCUT2D eigenvalue weighted by Crippen LogP contribution is -2.61. The molecule has 0 aromatic carbocycles. The minimum absolute atomic E-state index is 0.00174. The highest BCUT2D eigenvalue weighted by atomic mass is 19.3. The number of nitrogens with two attached hydrogens (primary N) is 1.